The number of nitrogens with zero attached hydrogens (tertiary/aromatic N) is 1. The highest BCUT2D eigenvalue weighted by molar-refractivity contribution is 9.10. The van der Waals surface area contributed by atoms with Crippen LogP contribution in [-0.4, -0.2) is 10.5 Å². The molecule has 0 saturated carbocycles. The van der Waals surface area contributed by atoms with Crippen LogP contribution in [0, 0.1) is 0 Å². The first-order valence-corrected chi connectivity index (χ1v) is 7.71. The van der Waals surface area contributed by atoms with Gasteiger partial charge < -0.3 is 4.55 Å². The third-order valence-corrected chi connectivity index (χ3v) is 3.86. The van der Waals surface area contributed by atoms with E-state index >= 15 is 0 Å². The Kier molecular flexibility index (Phi) is 5.01. The van der Waals surface area contributed by atoms with Crippen LogP contribution in [0.25, 0.3) is 0 Å². The summed E-state index contributed by atoms with van der Waals surface area (Å²) in [5, 5.41) is 0. The van der Waals surface area contributed by atoms with Gasteiger partial charge in [0, 0.05) is 21.0 Å². The largest absolute Gasteiger partial charge is 0.321 e. The quantitative estimate of drug-likeness (QED) is 0.917. The number of carbonyl (C=O) groups is 1. The van der Waals surface area contributed by atoms with E-state index in [1.807, 2.05) is 30.3 Å². The van der Waals surface area contributed by atoms with E-state index in [2.05, 4.69) is 20.3 Å². The molecular formula is C14H12BrNO2S. The topological polar surface area (TPSA) is 49.7 Å². The standard InChI is InChI=1S/C14H12BrNO2S/c15-13-8-4-5-11(9-13)10-19(18)16-14(17)12-6-2-1-3-7-12/h1-9H,10H2,(H,16,17,18). The molecule has 0 saturated heterocycles. The highest BCUT2D eigenvalue weighted by Gasteiger charge is 2.05. The third-order valence-electron chi connectivity index (χ3n) is 2.39. The third kappa shape index (κ3) is 4.38. The molecule has 3 nitrogen and oxygen atoms in total. The lowest BCUT2D eigenvalue weighted by molar-refractivity contribution is 0.100. The smallest absolute Gasteiger partial charge is 0.284 e. The zero-order valence-electron chi connectivity index (χ0n) is 9.99. The van der Waals surface area contributed by atoms with Crippen LogP contribution >= 0.6 is 15.9 Å². The molecular weight excluding hydrogens is 326 g/mol. The first-order valence-electron chi connectivity index (χ1n) is 5.61. The molecule has 0 aliphatic rings. The van der Waals surface area contributed by atoms with Crippen molar-refractivity contribution in [2.75, 3.05) is 0 Å². The predicted octanol–water partition coefficient (Wildman–Crippen LogP) is 4.06. The molecule has 0 heterocycles. The normalized spacial score (nSPS) is 12.3. The molecule has 2 aromatic rings. The van der Waals surface area contributed by atoms with E-state index in [1.54, 1.807) is 24.3 Å². The van der Waals surface area contributed by atoms with Crippen LogP contribution in [0.2, 0.25) is 0 Å². The van der Waals surface area contributed by atoms with Crippen molar-refractivity contribution in [2.24, 2.45) is 4.36 Å². The van der Waals surface area contributed by atoms with E-state index in [4.69, 9.17) is 0 Å². The van der Waals surface area contributed by atoms with E-state index in [9.17, 15) is 9.35 Å². The Morgan fingerprint density at radius 2 is 1.89 bits per heavy atom. The van der Waals surface area contributed by atoms with Crippen molar-refractivity contribution in [1.29, 1.82) is 0 Å². The van der Waals surface area contributed by atoms with E-state index in [0.29, 0.717) is 11.3 Å². The number of hydrogen-bond donors (Lipinski definition) is 1. The number of carbonyl (C=O) groups excluding carboxylic acids is 1. The summed E-state index contributed by atoms with van der Waals surface area (Å²) in [4.78, 5) is 11.8. The number of benzene rings is 2. The highest BCUT2D eigenvalue weighted by Crippen LogP contribution is 2.13. The van der Waals surface area contributed by atoms with Gasteiger partial charge >= 0.3 is 0 Å². The molecule has 0 aliphatic heterocycles. The van der Waals surface area contributed by atoms with Crippen molar-refractivity contribution in [3.63, 3.8) is 0 Å². The number of halogens is 1. The van der Waals surface area contributed by atoms with Gasteiger partial charge in [-0.1, -0.05) is 46.3 Å². The Morgan fingerprint density at radius 1 is 1.16 bits per heavy atom. The molecule has 1 unspecified atom stereocenters. The summed E-state index contributed by atoms with van der Waals surface area (Å²) < 4.78 is 14.6. The molecule has 2 aromatic carbocycles. The van der Waals surface area contributed by atoms with Crippen molar-refractivity contribution in [3.8, 4) is 0 Å². The average Bonchev–Trinajstić information content (AvgIpc) is 2.39. The van der Waals surface area contributed by atoms with Crippen LogP contribution in [-0.2, 0) is 16.7 Å². The Morgan fingerprint density at radius 3 is 2.58 bits per heavy atom. The lowest BCUT2D eigenvalue weighted by Crippen LogP contribution is -2.00. The fourth-order valence-corrected chi connectivity index (χ4v) is 2.82. The van der Waals surface area contributed by atoms with Crippen molar-refractivity contribution in [2.45, 2.75) is 5.75 Å². The zero-order chi connectivity index (χ0) is 13.7. The SMILES string of the molecule is O=C(N=S(O)Cc1cccc(Br)c1)c1ccccc1. The molecule has 0 radical (unpaired) electrons. The summed E-state index contributed by atoms with van der Waals surface area (Å²) in [6.45, 7) is 0. The minimum Gasteiger partial charge on any atom is -0.321 e. The molecule has 5 heteroatoms. The van der Waals surface area contributed by atoms with Crippen LogP contribution in [0.15, 0.2) is 63.4 Å². The van der Waals surface area contributed by atoms with Gasteiger partial charge in [0.1, 0.15) is 0 Å². The second-order valence-corrected chi connectivity index (χ2v) is 5.94. The Labute approximate surface area is 122 Å². The second-order valence-electron chi connectivity index (χ2n) is 3.88. The van der Waals surface area contributed by atoms with Crippen LogP contribution in [0.5, 0.6) is 0 Å². The Balaban J connectivity index is 2.09. The van der Waals surface area contributed by atoms with E-state index in [-0.39, 0.29) is 5.91 Å². The molecule has 1 atom stereocenters. The molecule has 19 heavy (non-hydrogen) atoms. The van der Waals surface area contributed by atoms with Crippen LogP contribution in [0.1, 0.15) is 15.9 Å². The Bertz CT molecular complexity index is 614. The maximum Gasteiger partial charge on any atom is 0.284 e. The van der Waals surface area contributed by atoms with E-state index in [1.165, 1.54) is 0 Å². The Hall–Kier alpha value is -1.30. The van der Waals surface area contributed by atoms with Gasteiger partial charge in [-0.05, 0) is 29.8 Å². The lowest BCUT2D eigenvalue weighted by atomic mass is 10.2. The number of rotatable bonds is 3. The minimum absolute atomic E-state index is 0.345. The maximum absolute atomic E-state index is 11.8. The molecule has 1 amide bonds. The highest BCUT2D eigenvalue weighted by atomic mass is 79.9. The van der Waals surface area contributed by atoms with Gasteiger partial charge in [-0.25, -0.2) is 0 Å². The summed E-state index contributed by atoms with van der Waals surface area (Å²) in [6, 6.07) is 16.3. The molecule has 2 rings (SSSR count). The zero-order valence-corrected chi connectivity index (χ0v) is 12.4. The van der Waals surface area contributed by atoms with E-state index in [0.717, 1.165) is 10.0 Å². The lowest BCUT2D eigenvalue weighted by Gasteiger charge is -2.02. The van der Waals surface area contributed by atoms with Crippen molar-refractivity contribution in [3.05, 3.63) is 70.2 Å². The second kappa shape index (κ2) is 6.75. The molecule has 1 N–H and O–H groups in total. The summed E-state index contributed by atoms with van der Waals surface area (Å²) in [5.41, 5.74) is 1.42. The van der Waals surface area contributed by atoms with Crippen LogP contribution < -0.4 is 0 Å². The van der Waals surface area contributed by atoms with Gasteiger partial charge in [-0.15, -0.1) is 0 Å². The number of amides is 1. The van der Waals surface area contributed by atoms with Crippen molar-refractivity contribution in [1.82, 2.24) is 0 Å². The first-order chi connectivity index (χ1) is 9.15. The molecule has 0 spiro atoms. The van der Waals surface area contributed by atoms with Crippen LogP contribution in [0.3, 0.4) is 0 Å². The average molecular weight is 338 g/mol. The summed E-state index contributed by atoms with van der Waals surface area (Å²) in [5.74, 6) is -0.0423. The van der Waals surface area contributed by atoms with Crippen LogP contribution in [0.4, 0.5) is 0 Å². The fraction of sp³-hybridized carbons (Fsp3) is 0.0714. The first kappa shape index (κ1) is 14.1. The fourth-order valence-electron chi connectivity index (χ4n) is 1.54. The molecule has 0 aliphatic carbocycles. The van der Waals surface area contributed by atoms with Gasteiger partial charge in [0.05, 0.1) is 5.75 Å². The molecule has 98 valence electrons. The van der Waals surface area contributed by atoms with Gasteiger partial charge in [0.2, 0.25) is 0 Å². The molecule has 0 bridgehead atoms. The van der Waals surface area contributed by atoms with E-state index < -0.39 is 11.0 Å². The minimum atomic E-state index is -1.31. The molecule has 0 fully saturated rings. The summed E-state index contributed by atoms with van der Waals surface area (Å²) in [6.07, 6.45) is 0. The maximum atomic E-state index is 11.8. The van der Waals surface area contributed by atoms with Gasteiger partial charge in [0.15, 0.2) is 0 Å². The van der Waals surface area contributed by atoms with Gasteiger partial charge in [-0.3, -0.25) is 4.79 Å². The number of hydrogen-bond acceptors (Lipinski definition) is 1. The van der Waals surface area contributed by atoms with Crippen molar-refractivity contribution >= 4 is 32.8 Å². The van der Waals surface area contributed by atoms with Gasteiger partial charge in [-0.2, -0.15) is 4.36 Å². The summed E-state index contributed by atoms with van der Waals surface area (Å²) in [7, 11) is -1.31. The van der Waals surface area contributed by atoms with Crippen molar-refractivity contribution < 1.29 is 9.35 Å². The van der Waals surface area contributed by atoms with Gasteiger partial charge in [0.25, 0.3) is 5.91 Å². The summed E-state index contributed by atoms with van der Waals surface area (Å²) >= 11 is 3.36. The predicted molar refractivity (Wildman–Crippen MR) is 81.0 cm³/mol. The monoisotopic (exact) mass is 337 g/mol. The molecule has 0 aromatic heterocycles.